The maximum atomic E-state index is 13.6. The third-order valence-corrected chi connectivity index (χ3v) is 4.42. The maximum Gasteiger partial charge on any atom is 0.416 e. The number of pyridine rings is 1. The molecule has 0 fully saturated rings. The number of aliphatic hydroxyl groups is 1. The zero-order chi connectivity index (χ0) is 23.3. The van der Waals surface area contributed by atoms with E-state index < -0.39 is 42.1 Å². The Bertz CT molecular complexity index is 1130. The highest BCUT2D eigenvalue weighted by atomic mass is 19.4. The van der Waals surface area contributed by atoms with Crippen LogP contribution >= 0.6 is 0 Å². The van der Waals surface area contributed by atoms with Crippen LogP contribution in [0.2, 0.25) is 0 Å². The van der Waals surface area contributed by atoms with Gasteiger partial charge in [-0.05, 0) is 47.5 Å². The van der Waals surface area contributed by atoms with Crippen LogP contribution in [0.5, 0.6) is 0 Å². The first-order valence-corrected chi connectivity index (χ1v) is 9.23. The van der Waals surface area contributed by atoms with Crippen molar-refractivity contribution in [2.75, 3.05) is 0 Å². The van der Waals surface area contributed by atoms with Crippen molar-refractivity contribution in [3.8, 4) is 0 Å². The zero-order valence-electron chi connectivity index (χ0n) is 16.3. The minimum atomic E-state index is -4.56. The monoisotopic (exact) mass is 449 g/mol. The van der Waals surface area contributed by atoms with Gasteiger partial charge in [-0.15, -0.1) is 0 Å². The topological polar surface area (TPSA) is 59.4 Å². The summed E-state index contributed by atoms with van der Waals surface area (Å²) < 4.78 is 70.5. The molecule has 0 aliphatic carbocycles. The number of alkyl halides is 3. The number of ether oxygens (including phenoxy) is 1. The van der Waals surface area contributed by atoms with Crippen molar-refractivity contribution >= 4 is 12.0 Å². The first kappa shape index (κ1) is 23.1. The van der Waals surface area contributed by atoms with Crippen LogP contribution in [0.1, 0.15) is 28.4 Å². The highest BCUT2D eigenvalue weighted by Crippen LogP contribution is 2.30. The molecule has 9 heteroatoms. The molecule has 1 aromatic heterocycles. The molecule has 0 radical (unpaired) electrons. The van der Waals surface area contributed by atoms with Crippen LogP contribution in [-0.2, 0) is 22.3 Å². The molecular formula is C23H16F5NO3. The number of hydrogen-bond donors (Lipinski definition) is 1. The van der Waals surface area contributed by atoms with E-state index in [9.17, 15) is 31.9 Å². The van der Waals surface area contributed by atoms with E-state index in [1.54, 1.807) is 0 Å². The van der Waals surface area contributed by atoms with Crippen LogP contribution in [0.3, 0.4) is 0 Å². The molecule has 2 aromatic carbocycles. The number of halogens is 5. The Kier molecular flexibility index (Phi) is 6.99. The number of rotatable bonds is 6. The number of aliphatic hydroxyl groups excluding tert-OH is 1. The Labute approximate surface area is 179 Å². The molecule has 0 aliphatic heterocycles. The van der Waals surface area contributed by atoms with Crippen molar-refractivity contribution in [1.29, 1.82) is 0 Å². The summed E-state index contributed by atoms with van der Waals surface area (Å²) in [5.41, 5.74) is -0.874. The normalized spacial score (nSPS) is 13.0. The van der Waals surface area contributed by atoms with Gasteiger partial charge in [0.2, 0.25) is 0 Å². The van der Waals surface area contributed by atoms with Crippen molar-refractivity contribution in [2.45, 2.75) is 18.9 Å². The number of nitrogens with zero attached hydrogens (tertiary/aromatic N) is 1. The smallest absolute Gasteiger partial charge is 0.416 e. The Morgan fingerprint density at radius 3 is 2.50 bits per heavy atom. The summed E-state index contributed by atoms with van der Waals surface area (Å²) in [5.74, 6) is -3.31. The van der Waals surface area contributed by atoms with E-state index in [1.807, 2.05) is 0 Å². The largest absolute Gasteiger partial charge is 0.457 e. The van der Waals surface area contributed by atoms with Crippen molar-refractivity contribution in [2.24, 2.45) is 0 Å². The van der Waals surface area contributed by atoms with E-state index in [4.69, 9.17) is 4.74 Å². The number of hydrogen-bond acceptors (Lipinski definition) is 4. The molecule has 166 valence electrons. The van der Waals surface area contributed by atoms with E-state index in [2.05, 4.69) is 4.98 Å². The van der Waals surface area contributed by atoms with Gasteiger partial charge in [-0.25, -0.2) is 13.6 Å². The molecule has 3 aromatic rings. The predicted molar refractivity (Wildman–Crippen MR) is 105 cm³/mol. The third kappa shape index (κ3) is 5.76. The van der Waals surface area contributed by atoms with Crippen LogP contribution in [0.25, 0.3) is 6.08 Å². The van der Waals surface area contributed by atoms with Crippen molar-refractivity contribution < 1.29 is 36.6 Å². The van der Waals surface area contributed by atoms with Crippen molar-refractivity contribution in [3.05, 3.63) is 106 Å². The molecule has 1 N–H and O–H groups in total. The molecule has 0 saturated carbocycles. The highest BCUT2D eigenvalue weighted by molar-refractivity contribution is 5.95. The lowest BCUT2D eigenvalue weighted by molar-refractivity contribution is -0.141. The second kappa shape index (κ2) is 9.69. The lowest BCUT2D eigenvalue weighted by atomic mass is 10.0. The van der Waals surface area contributed by atoms with Crippen LogP contribution in [-0.4, -0.2) is 16.1 Å². The lowest BCUT2D eigenvalue weighted by Crippen LogP contribution is -2.15. The third-order valence-electron chi connectivity index (χ3n) is 4.42. The Hall–Kier alpha value is -3.59. The average molecular weight is 449 g/mol. The van der Waals surface area contributed by atoms with E-state index in [0.717, 1.165) is 30.3 Å². The maximum absolute atomic E-state index is 13.6. The Morgan fingerprint density at radius 2 is 1.84 bits per heavy atom. The number of benzene rings is 2. The van der Waals surface area contributed by atoms with Crippen molar-refractivity contribution in [1.82, 2.24) is 4.98 Å². The SMILES string of the molecule is O=C(OCc1cccc(C(F)(F)F)c1)C(=Cc1ccc(F)c(F)c1)C(O)c1cccnc1. The van der Waals surface area contributed by atoms with Crippen molar-refractivity contribution in [3.63, 3.8) is 0 Å². The molecule has 4 nitrogen and oxygen atoms in total. The number of carbonyl (C=O) groups excluding carboxylic acids is 1. The first-order valence-electron chi connectivity index (χ1n) is 9.23. The highest BCUT2D eigenvalue weighted by Gasteiger charge is 2.30. The second-order valence-corrected chi connectivity index (χ2v) is 6.74. The zero-order valence-corrected chi connectivity index (χ0v) is 16.3. The summed E-state index contributed by atoms with van der Waals surface area (Å²) in [6.07, 6.45) is -2.25. The molecule has 0 aliphatic rings. The second-order valence-electron chi connectivity index (χ2n) is 6.74. The molecule has 0 spiro atoms. The average Bonchev–Trinajstić information content (AvgIpc) is 2.78. The molecule has 3 rings (SSSR count). The van der Waals surface area contributed by atoms with Gasteiger partial charge in [-0.2, -0.15) is 13.2 Å². The molecule has 1 atom stereocenters. The lowest BCUT2D eigenvalue weighted by Gasteiger charge is -2.15. The van der Waals surface area contributed by atoms with Gasteiger partial charge >= 0.3 is 12.1 Å². The summed E-state index contributed by atoms with van der Waals surface area (Å²) in [7, 11) is 0. The summed E-state index contributed by atoms with van der Waals surface area (Å²) in [6, 6.07) is 10.1. The van der Waals surface area contributed by atoms with E-state index >= 15 is 0 Å². The Morgan fingerprint density at radius 1 is 1.06 bits per heavy atom. The van der Waals surface area contributed by atoms with Gasteiger partial charge in [-0.3, -0.25) is 4.98 Å². The fourth-order valence-corrected chi connectivity index (χ4v) is 2.82. The first-order chi connectivity index (χ1) is 15.1. The molecule has 32 heavy (non-hydrogen) atoms. The fourth-order valence-electron chi connectivity index (χ4n) is 2.82. The fraction of sp³-hybridized carbons (Fsp3) is 0.130. The predicted octanol–water partition coefficient (Wildman–Crippen LogP) is 5.24. The number of carbonyl (C=O) groups is 1. The van der Waals surface area contributed by atoms with Gasteiger partial charge < -0.3 is 9.84 Å². The van der Waals surface area contributed by atoms with Gasteiger partial charge in [-0.1, -0.05) is 24.3 Å². The quantitative estimate of drug-likeness (QED) is 0.318. The van der Waals surface area contributed by atoms with Gasteiger partial charge in [0.25, 0.3) is 0 Å². The van der Waals surface area contributed by atoms with Gasteiger partial charge in [0.05, 0.1) is 11.1 Å². The molecule has 1 unspecified atom stereocenters. The molecule has 0 bridgehead atoms. The molecule has 0 saturated heterocycles. The summed E-state index contributed by atoms with van der Waals surface area (Å²) >= 11 is 0. The van der Waals surface area contributed by atoms with E-state index in [1.165, 1.54) is 42.7 Å². The molecule has 0 amide bonds. The summed E-state index contributed by atoms with van der Waals surface area (Å²) in [6.45, 7) is -0.502. The molecule has 1 heterocycles. The van der Waals surface area contributed by atoms with E-state index in [-0.39, 0.29) is 22.3 Å². The van der Waals surface area contributed by atoms with Gasteiger partial charge in [0, 0.05) is 18.0 Å². The minimum absolute atomic E-state index is 0.0675. The van der Waals surface area contributed by atoms with Gasteiger partial charge in [0.15, 0.2) is 11.6 Å². The summed E-state index contributed by atoms with van der Waals surface area (Å²) in [4.78, 5) is 16.6. The molecular weight excluding hydrogens is 433 g/mol. The van der Waals surface area contributed by atoms with Crippen LogP contribution in [0.15, 0.2) is 72.6 Å². The Balaban J connectivity index is 1.88. The van der Waals surface area contributed by atoms with E-state index in [0.29, 0.717) is 0 Å². The standard InChI is InChI=1S/C23H16F5NO3/c24-19-7-6-14(11-20(19)25)10-18(21(30)16-4-2-8-29-12-16)22(31)32-13-15-3-1-5-17(9-15)23(26,27)28/h1-12,21,30H,13H2. The number of esters is 1. The minimum Gasteiger partial charge on any atom is -0.457 e. The van der Waals surface area contributed by atoms with Crippen LogP contribution in [0.4, 0.5) is 22.0 Å². The van der Waals surface area contributed by atoms with Gasteiger partial charge in [0.1, 0.15) is 12.7 Å². The summed E-state index contributed by atoms with van der Waals surface area (Å²) in [5, 5.41) is 10.7. The van der Waals surface area contributed by atoms with Crippen LogP contribution in [0, 0.1) is 11.6 Å². The van der Waals surface area contributed by atoms with Crippen LogP contribution < -0.4 is 0 Å². The number of aromatic nitrogens is 1.